The van der Waals surface area contributed by atoms with Gasteiger partial charge < -0.3 is 10.1 Å². The molecule has 94 valence electrons. The predicted octanol–water partition coefficient (Wildman–Crippen LogP) is 3.19. The molecule has 0 radical (unpaired) electrons. The van der Waals surface area contributed by atoms with Crippen LogP contribution in [0.25, 0.3) is 0 Å². The average Bonchev–Trinajstić information content (AvgIpc) is 2.28. The van der Waals surface area contributed by atoms with E-state index in [-0.39, 0.29) is 5.41 Å². The molecule has 0 heterocycles. The van der Waals surface area contributed by atoms with Crippen molar-refractivity contribution in [3.05, 3.63) is 33.4 Å². The monoisotopic (exact) mass is 345 g/mol. The van der Waals surface area contributed by atoms with Crippen molar-refractivity contribution in [2.45, 2.75) is 39.0 Å². The Labute approximate surface area is 117 Å². The lowest BCUT2D eigenvalue weighted by Crippen LogP contribution is -2.60. The molecule has 2 atom stereocenters. The number of halogens is 1. The summed E-state index contributed by atoms with van der Waals surface area (Å²) in [7, 11) is 1.81. The van der Waals surface area contributed by atoms with Crippen LogP contribution in [0.15, 0.2) is 24.3 Å². The minimum Gasteiger partial charge on any atom is -0.381 e. The van der Waals surface area contributed by atoms with Crippen LogP contribution >= 0.6 is 22.6 Å². The molecule has 0 bridgehead atoms. The molecular weight excluding hydrogens is 325 g/mol. The first kappa shape index (κ1) is 13.3. The summed E-state index contributed by atoms with van der Waals surface area (Å²) in [6.07, 6.45) is 1.52. The molecule has 17 heavy (non-hydrogen) atoms. The van der Waals surface area contributed by atoms with Gasteiger partial charge in [0.05, 0.1) is 6.10 Å². The third kappa shape index (κ3) is 2.83. The molecule has 0 amide bonds. The molecule has 1 aliphatic carbocycles. The van der Waals surface area contributed by atoms with Crippen LogP contribution in [-0.4, -0.2) is 19.3 Å². The summed E-state index contributed by atoms with van der Waals surface area (Å²) < 4.78 is 6.76. The van der Waals surface area contributed by atoms with E-state index in [0.29, 0.717) is 12.1 Å². The van der Waals surface area contributed by atoms with Crippen molar-refractivity contribution < 1.29 is 4.74 Å². The van der Waals surface area contributed by atoms with Gasteiger partial charge in [-0.2, -0.15) is 0 Å². The summed E-state index contributed by atoms with van der Waals surface area (Å²) in [5.41, 5.74) is 1.60. The van der Waals surface area contributed by atoms with Gasteiger partial charge in [0.2, 0.25) is 0 Å². The maximum Gasteiger partial charge on any atom is 0.0652 e. The Bertz CT molecular complexity index is 392. The van der Waals surface area contributed by atoms with E-state index in [9.17, 15) is 0 Å². The zero-order valence-corrected chi connectivity index (χ0v) is 12.8. The molecule has 0 spiro atoms. The van der Waals surface area contributed by atoms with Crippen LogP contribution in [0.3, 0.4) is 0 Å². The molecule has 3 heteroatoms. The summed E-state index contributed by atoms with van der Waals surface area (Å²) in [4.78, 5) is 0. The Kier molecular flexibility index (Phi) is 4.10. The molecule has 1 saturated carbocycles. The lowest BCUT2D eigenvalue weighted by Gasteiger charge is -2.51. The van der Waals surface area contributed by atoms with E-state index >= 15 is 0 Å². The summed E-state index contributed by atoms with van der Waals surface area (Å²) in [6, 6.07) is 9.20. The second kappa shape index (κ2) is 5.24. The second-order valence-corrected chi connectivity index (χ2v) is 6.59. The Hall–Kier alpha value is -0.130. The van der Waals surface area contributed by atoms with Crippen molar-refractivity contribution in [2.75, 3.05) is 7.11 Å². The average molecular weight is 345 g/mol. The normalized spacial score (nSPS) is 26.6. The SMILES string of the molecule is COC1CC(NCc2cccc(I)c2)C1(C)C. The van der Waals surface area contributed by atoms with Crippen LogP contribution < -0.4 is 5.32 Å². The fraction of sp³-hybridized carbons (Fsp3) is 0.571. The minimum atomic E-state index is 0.247. The third-order valence-corrected chi connectivity index (χ3v) is 4.57. The van der Waals surface area contributed by atoms with Crippen molar-refractivity contribution in [1.82, 2.24) is 5.32 Å². The van der Waals surface area contributed by atoms with Gasteiger partial charge in [-0.15, -0.1) is 0 Å². The van der Waals surface area contributed by atoms with Crippen molar-refractivity contribution in [3.8, 4) is 0 Å². The standard InChI is InChI=1S/C14H20INO/c1-14(2)12(8-13(14)17-3)16-9-10-5-4-6-11(15)7-10/h4-7,12-13,16H,8-9H2,1-3H3. The topological polar surface area (TPSA) is 21.3 Å². The highest BCUT2D eigenvalue weighted by atomic mass is 127. The largest absolute Gasteiger partial charge is 0.381 e. The first-order chi connectivity index (χ1) is 8.04. The maximum absolute atomic E-state index is 5.46. The maximum atomic E-state index is 5.46. The number of benzene rings is 1. The van der Waals surface area contributed by atoms with E-state index in [1.165, 1.54) is 9.13 Å². The summed E-state index contributed by atoms with van der Waals surface area (Å²) >= 11 is 2.35. The van der Waals surface area contributed by atoms with Crippen molar-refractivity contribution in [1.29, 1.82) is 0 Å². The fourth-order valence-corrected chi connectivity index (χ4v) is 3.13. The minimum absolute atomic E-state index is 0.247. The molecular formula is C14H20INO. The number of hydrogen-bond acceptors (Lipinski definition) is 2. The highest BCUT2D eigenvalue weighted by Gasteiger charge is 2.48. The first-order valence-electron chi connectivity index (χ1n) is 6.04. The number of rotatable bonds is 4. The van der Waals surface area contributed by atoms with Crippen LogP contribution in [-0.2, 0) is 11.3 Å². The van der Waals surface area contributed by atoms with Crippen LogP contribution in [0.1, 0.15) is 25.8 Å². The third-order valence-electron chi connectivity index (χ3n) is 3.90. The van der Waals surface area contributed by atoms with Crippen LogP contribution in [0, 0.1) is 8.99 Å². The Balaban J connectivity index is 1.88. The molecule has 2 unspecified atom stereocenters. The number of methoxy groups -OCH3 is 1. The van der Waals surface area contributed by atoms with E-state index in [2.05, 4.69) is 66.0 Å². The van der Waals surface area contributed by atoms with E-state index in [1.54, 1.807) is 0 Å². The van der Waals surface area contributed by atoms with E-state index in [1.807, 2.05) is 7.11 Å². The summed E-state index contributed by atoms with van der Waals surface area (Å²) in [5, 5.41) is 3.63. The number of nitrogens with one attached hydrogen (secondary N) is 1. The van der Waals surface area contributed by atoms with Gasteiger partial charge in [0.1, 0.15) is 0 Å². The first-order valence-corrected chi connectivity index (χ1v) is 7.12. The van der Waals surface area contributed by atoms with Gasteiger partial charge in [0, 0.05) is 28.7 Å². The Morgan fingerprint density at radius 2 is 2.24 bits per heavy atom. The fourth-order valence-electron chi connectivity index (χ4n) is 2.52. The molecule has 0 aliphatic heterocycles. The van der Waals surface area contributed by atoms with Gasteiger partial charge in [-0.25, -0.2) is 0 Å². The Morgan fingerprint density at radius 1 is 1.47 bits per heavy atom. The zero-order valence-electron chi connectivity index (χ0n) is 10.7. The lowest BCUT2D eigenvalue weighted by atomic mass is 9.64. The van der Waals surface area contributed by atoms with Gasteiger partial charge in [-0.05, 0) is 46.7 Å². The molecule has 2 nitrogen and oxygen atoms in total. The molecule has 1 N–H and O–H groups in total. The quantitative estimate of drug-likeness (QED) is 0.847. The predicted molar refractivity (Wildman–Crippen MR) is 79.0 cm³/mol. The van der Waals surface area contributed by atoms with Gasteiger partial charge >= 0.3 is 0 Å². The second-order valence-electron chi connectivity index (χ2n) is 5.34. The number of ether oxygens (including phenoxy) is 1. The van der Waals surface area contributed by atoms with Crippen molar-refractivity contribution >= 4 is 22.6 Å². The van der Waals surface area contributed by atoms with Crippen molar-refractivity contribution in [2.24, 2.45) is 5.41 Å². The molecule has 1 aromatic carbocycles. The van der Waals surface area contributed by atoms with Crippen LogP contribution in [0.2, 0.25) is 0 Å². The van der Waals surface area contributed by atoms with Gasteiger partial charge in [0.15, 0.2) is 0 Å². The van der Waals surface area contributed by atoms with E-state index in [4.69, 9.17) is 4.74 Å². The molecule has 1 fully saturated rings. The summed E-state index contributed by atoms with van der Waals surface area (Å²) in [6.45, 7) is 5.50. The van der Waals surface area contributed by atoms with Gasteiger partial charge in [-0.1, -0.05) is 26.0 Å². The Morgan fingerprint density at radius 3 is 2.82 bits per heavy atom. The molecule has 2 rings (SSSR count). The molecule has 1 aromatic rings. The summed E-state index contributed by atoms with van der Waals surface area (Å²) in [5.74, 6) is 0. The molecule has 0 aromatic heterocycles. The van der Waals surface area contributed by atoms with Gasteiger partial charge in [0.25, 0.3) is 0 Å². The van der Waals surface area contributed by atoms with Crippen LogP contribution in [0.4, 0.5) is 0 Å². The van der Waals surface area contributed by atoms with E-state index in [0.717, 1.165) is 13.0 Å². The zero-order chi connectivity index (χ0) is 12.5. The molecule has 0 saturated heterocycles. The molecule has 1 aliphatic rings. The highest BCUT2D eigenvalue weighted by Crippen LogP contribution is 2.42. The van der Waals surface area contributed by atoms with E-state index < -0.39 is 0 Å². The van der Waals surface area contributed by atoms with Crippen molar-refractivity contribution in [3.63, 3.8) is 0 Å². The van der Waals surface area contributed by atoms with Gasteiger partial charge in [-0.3, -0.25) is 0 Å². The highest BCUT2D eigenvalue weighted by molar-refractivity contribution is 14.1. The number of hydrogen-bond donors (Lipinski definition) is 1. The lowest BCUT2D eigenvalue weighted by molar-refractivity contribution is -0.0979. The van der Waals surface area contributed by atoms with Crippen LogP contribution in [0.5, 0.6) is 0 Å². The smallest absolute Gasteiger partial charge is 0.0652 e.